The van der Waals surface area contributed by atoms with Gasteiger partial charge in [-0.05, 0) is 19.1 Å². The van der Waals surface area contributed by atoms with Crippen molar-refractivity contribution in [1.29, 1.82) is 0 Å². The third-order valence-corrected chi connectivity index (χ3v) is 3.63. The van der Waals surface area contributed by atoms with Gasteiger partial charge in [-0.25, -0.2) is 4.79 Å². The molecule has 1 N–H and O–H groups in total. The van der Waals surface area contributed by atoms with Crippen LogP contribution in [0.25, 0.3) is 0 Å². The number of hydrogen-bond acceptors (Lipinski definition) is 4. The van der Waals surface area contributed by atoms with Gasteiger partial charge in [-0.3, -0.25) is 4.79 Å². The van der Waals surface area contributed by atoms with Gasteiger partial charge in [0.05, 0.1) is 19.7 Å². The largest absolute Gasteiger partial charge is 0.544 e. The lowest BCUT2D eigenvalue weighted by atomic mass is 10.1. The lowest BCUT2D eigenvalue weighted by Gasteiger charge is -2.31. The van der Waals surface area contributed by atoms with Gasteiger partial charge >= 0.3 is 18.0 Å². The molecular formula is C13H15N2O5+. The van der Waals surface area contributed by atoms with E-state index in [1.165, 1.54) is 32.4 Å². The summed E-state index contributed by atoms with van der Waals surface area (Å²) in [6, 6.07) is 4.31. The summed E-state index contributed by atoms with van der Waals surface area (Å²) in [5.41, 5.74) is 0.770. The standard InChI is InChI=1S/C13H14N2O5/c1-4-15(13(18)19)10-7-8(12(17)20-3)5-6-9(10)11(16)14(15)2/h5-7H,4H2,1-3H3/p+1. The zero-order chi connectivity index (χ0) is 15.1. The monoisotopic (exact) mass is 279 g/mol. The minimum atomic E-state index is -1.18. The maximum atomic E-state index is 12.2. The molecule has 1 aliphatic heterocycles. The first-order valence-corrected chi connectivity index (χ1v) is 6.03. The van der Waals surface area contributed by atoms with E-state index in [0.29, 0.717) is 0 Å². The van der Waals surface area contributed by atoms with E-state index in [9.17, 15) is 19.5 Å². The second kappa shape index (κ2) is 4.61. The number of quaternary nitrogens is 1. The molecule has 0 saturated carbocycles. The molecule has 7 heteroatoms. The van der Waals surface area contributed by atoms with Crippen molar-refractivity contribution < 1.29 is 24.2 Å². The smallest absolute Gasteiger partial charge is 0.465 e. The molecule has 20 heavy (non-hydrogen) atoms. The molecular weight excluding hydrogens is 264 g/mol. The summed E-state index contributed by atoms with van der Waals surface area (Å²) in [5, 5.41) is 10.7. The van der Waals surface area contributed by atoms with E-state index in [2.05, 4.69) is 4.74 Å². The third kappa shape index (κ3) is 1.60. The number of carbonyl (C=O) groups excluding carboxylic acids is 2. The Kier molecular flexibility index (Phi) is 3.23. The van der Waals surface area contributed by atoms with Crippen molar-refractivity contribution in [2.45, 2.75) is 6.92 Å². The van der Waals surface area contributed by atoms with E-state index in [4.69, 9.17) is 0 Å². The summed E-state index contributed by atoms with van der Waals surface area (Å²) in [5.74, 6) is -0.963. The molecule has 0 saturated heterocycles. The molecule has 1 heterocycles. The lowest BCUT2D eigenvalue weighted by molar-refractivity contribution is 0.0278. The number of benzene rings is 1. The number of ether oxygens (including phenoxy) is 1. The van der Waals surface area contributed by atoms with Crippen LogP contribution in [0.1, 0.15) is 27.6 Å². The van der Waals surface area contributed by atoms with Crippen LogP contribution in [-0.2, 0) is 4.74 Å². The number of amides is 2. The fraction of sp³-hybridized carbons (Fsp3) is 0.308. The molecule has 2 rings (SSSR count). The van der Waals surface area contributed by atoms with Crippen molar-refractivity contribution in [1.82, 2.24) is 9.60 Å². The van der Waals surface area contributed by atoms with Gasteiger partial charge in [0.1, 0.15) is 12.1 Å². The Balaban J connectivity index is 2.71. The van der Waals surface area contributed by atoms with Gasteiger partial charge in [-0.15, -0.1) is 0 Å². The second-order valence-electron chi connectivity index (χ2n) is 4.42. The first-order valence-electron chi connectivity index (χ1n) is 6.03. The molecule has 1 aromatic rings. The van der Waals surface area contributed by atoms with Crippen LogP contribution in [0.15, 0.2) is 18.2 Å². The number of rotatable bonds is 2. The molecule has 0 aromatic heterocycles. The third-order valence-electron chi connectivity index (χ3n) is 3.63. The van der Waals surface area contributed by atoms with E-state index >= 15 is 0 Å². The summed E-state index contributed by atoms with van der Waals surface area (Å²) >= 11 is 0. The van der Waals surface area contributed by atoms with Crippen LogP contribution >= 0.6 is 0 Å². The van der Waals surface area contributed by atoms with Crippen LogP contribution < -0.4 is 4.59 Å². The summed E-state index contributed by atoms with van der Waals surface area (Å²) in [4.78, 5) is 35.4. The topological polar surface area (TPSA) is 83.9 Å². The van der Waals surface area contributed by atoms with Crippen molar-refractivity contribution in [3.05, 3.63) is 29.3 Å². The van der Waals surface area contributed by atoms with Crippen LogP contribution in [0.2, 0.25) is 0 Å². The molecule has 1 atom stereocenters. The molecule has 0 fully saturated rings. The Labute approximate surface area is 115 Å². The van der Waals surface area contributed by atoms with Gasteiger partial charge in [-0.2, -0.15) is 9.80 Å². The number of esters is 1. The highest BCUT2D eigenvalue weighted by Crippen LogP contribution is 2.38. The number of carbonyl (C=O) groups is 3. The van der Waals surface area contributed by atoms with E-state index in [1.807, 2.05) is 0 Å². The molecule has 0 bridgehead atoms. The number of carboxylic acid groups (broad SMARTS) is 1. The summed E-state index contributed by atoms with van der Waals surface area (Å²) in [7, 11) is 2.67. The maximum Gasteiger partial charge on any atom is 0.544 e. The molecule has 7 nitrogen and oxygen atoms in total. The van der Waals surface area contributed by atoms with Crippen LogP contribution in [0.5, 0.6) is 0 Å². The van der Waals surface area contributed by atoms with E-state index in [-0.39, 0.29) is 29.3 Å². The van der Waals surface area contributed by atoms with Gasteiger partial charge in [-0.1, -0.05) is 4.59 Å². The van der Waals surface area contributed by atoms with Crippen molar-refractivity contribution in [3.8, 4) is 0 Å². The first-order chi connectivity index (χ1) is 9.40. The molecule has 0 spiro atoms. The predicted molar refractivity (Wildman–Crippen MR) is 70.2 cm³/mol. The average molecular weight is 279 g/mol. The van der Waals surface area contributed by atoms with Crippen molar-refractivity contribution in [2.24, 2.45) is 0 Å². The quantitative estimate of drug-likeness (QED) is 0.654. The molecule has 1 unspecified atom stereocenters. The molecule has 0 aliphatic carbocycles. The molecule has 2 amide bonds. The minimum Gasteiger partial charge on any atom is -0.465 e. The Hall–Kier alpha value is -2.41. The van der Waals surface area contributed by atoms with Gasteiger partial charge in [0, 0.05) is 6.07 Å². The van der Waals surface area contributed by atoms with Crippen molar-refractivity contribution in [2.75, 3.05) is 20.7 Å². The zero-order valence-electron chi connectivity index (χ0n) is 11.4. The second-order valence-corrected chi connectivity index (χ2v) is 4.42. The van der Waals surface area contributed by atoms with Crippen LogP contribution in [0, 0.1) is 0 Å². The SMILES string of the molecule is CC[N+]1(C(=O)O)c2cc(C(=O)OC)ccc2C(=O)N1C. The first kappa shape index (κ1) is 14.0. The zero-order valence-corrected chi connectivity index (χ0v) is 11.4. The number of nitrogens with zero attached hydrogens (tertiary/aromatic N) is 2. The van der Waals surface area contributed by atoms with Gasteiger partial charge in [0.25, 0.3) is 0 Å². The Morgan fingerprint density at radius 1 is 1.40 bits per heavy atom. The van der Waals surface area contributed by atoms with Crippen molar-refractivity contribution >= 4 is 23.7 Å². The highest BCUT2D eigenvalue weighted by atomic mass is 16.5. The van der Waals surface area contributed by atoms with Crippen LogP contribution in [0.4, 0.5) is 10.5 Å². The Morgan fingerprint density at radius 3 is 2.55 bits per heavy atom. The van der Waals surface area contributed by atoms with Crippen molar-refractivity contribution in [3.63, 3.8) is 0 Å². The van der Waals surface area contributed by atoms with E-state index < -0.39 is 16.7 Å². The Bertz CT molecular complexity index is 613. The fourth-order valence-corrected chi connectivity index (χ4v) is 2.50. The summed E-state index contributed by atoms with van der Waals surface area (Å²) < 4.78 is 3.97. The fourth-order valence-electron chi connectivity index (χ4n) is 2.50. The van der Waals surface area contributed by atoms with E-state index in [0.717, 1.165) is 5.01 Å². The number of fused-ring (bicyclic) bond motifs is 1. The number of hydrogen-bond donors (Lipinski definition) is 1. The highest BCUT2D eigenvalue weighted by molar-refractivity contribution is 6.09. The normalized spacial score (nSPS) is 20.8. The predicted octanol–water partition coefficient (Wildman–Crippen LogP) is 1.48. The maximum absolute atomic E-state index is 12.2. The number of methoxy groups -OCH3 is 1. The molecule has 106 valence electrons. The summed E-state index contributed by atoms with van der Waals surface area (Å²) in [6.07, 6.45) is -1.18. The Morgan fingerprint density at radius 2 is 2.05 bits per heavy atom. The minimum absolute atomic E-state index is 0.148. The van der Waals surface area contributed by atoms with E-state index in [1.54, 1.807) is 6.92 Å². The molecule has 1 aromatic carbocycles. The van der Waals surface area contributed by atoms with Gasteiger partial charge in [0.2, 0.25) is 0 Å². The lowest BCUT2D eigenvalue weighted by Crippen LogP contribution is -2.61. The van der Waals surface area contributed by atoms with Crippen LogP contribution in [0.3, 0.4) is 0 Å². The van der Waals surface area contributed by atoms with Gasteiger partial charge < -0.3 is 9.84 Å². The highest BCUT2D eigenvalue weighted by Gasteiger charge is 2.54. The molecule has 1 aliphatic rings. The molecule has 0 radical (unpaired) electrons. The van der Waals surface area contributed by atoms with Gasteiger partial charge in [0.15, 0.2) is 5.69 Å². The van der Waals surface area contributed by atoms with Crippen LogP contribution in [-0.4, -0.2) is 48.8 Å². The summed E-state index contributed by atoms with van der Waals surface area (Å²) in [6.45, 7) is 1.81. The average Bonchev–Trinajstić information content (AvgIpc) is 2.67.